The van der Waals surface area contributed by atoms with E-state index >= 15 is 0 Å². The number of aryl methyl sites for hydroxylation is 1. The molecule has 0 bridgehead atoms. The van der Waals surface area contributed by atoms with E-state index in [2.05, 4.69) is 4.98 Å². The number of hydrogen-bond acceptors (Lipinski definition) is 1. The van der Waals surface area contributed by atoms with E-state index in [1.807, 2.05) is 10.8 Å². The maximum Gasteiger partial charge on any atom is 0.144 e. The predicted molar refractivity (Wildman–Crippen MR) is 65.6 cm³/mol. The largest absolute Gasteiger partial charge is 0.328 e. The fourth-order valence-corrected chi connectivity index (χ4v) is 2.25. The van der Waals surface area contributed by atoms with E-state index in [1.165, 1.54) is 0 Å². The van der Waals surface area contributed by atoms with Crippen molar-refractivity contribution in [3.63, 3.8) is 0 Å². The van der Waals surface area contributed by atoms with Gasteiger partial charge in [-0.05, 0) is 31.4 Å². The molecule has 1 fully saturated rings. The Labute approximate surface area is 104 Å². The lowest BCUT2D eigenvalue weighted by molar-refractivity contribution is 0.618. The minimum atomic E-state index is -0.273. The lowest BCUT2D eigenvalue weighted by Crippen LogP contribution is -1.99. The molecule has 1 aliphatic carbocycles. The lowest BCUT2D eigenvalue weighted by atomic mass is 10.1. The van der Waals surface area contributed by atoms with Crippen molar-refractivity contribution in [1.29, 1.82) is 0 Å². The molecule has 1 aromatic heterocycles. The molecule has 17 heavy (non-hydrogen) atoms. The summed E-state index contributed by atoms with van der Waals surface area (Å²) < 4.78 is 16.2. The van der Waals surface area contributed by atoms with Gasteiger partial charge in [0.05, 0.1) is 10.6 Å². The molecule has 2 aromatic rings. The summed E-state index contributed by atoms with van der Waals surface area (Å²) in [6, 6.07) is 3.87. The summed E-state index contributed by atoms with van der Waals surface area (Å²) in [6.07, 6.45) is 5.86. The molecule has 0 amide bonds. The molecular formula is C13H12ClFN2. The summed E-state index contributed by atoms with van der Waals surface area (Å²) in [7, 11) is 0. The van der Waals surface area contributed by atoms with E-state index in [0.29, 0.717) is 28.0 Å². The summed E-state index contributed by atoms with van der Waals surface area (Å²) in [5.41, 5.74) is 1.01. The van der Waals surface area contributed by atoms with E-state index in [-0.39, 0.29) is 5.82 Å². The number of halogens is 2. The van der Waals surface area contributed by atoms with Gasteiger partial charge in [0.25, 0.3) is 0 Å². The first-order valence-corrected chi connectivity index (χ1v) is 6.04. The molecule has 3 rings (SSSR count). The van der Waals surface area contributed by atoms with Gasteiger partial charge in [0.2, 0.25) is 0 Å². The van der Waals surface area contributed by atoms with Crippen LogP contribution in [0.25, 0.3) is 11.4 Å². The molecule has 2 nitrogen and oxygen atoms in total. The second kappa shape index (κ2) is 3.84. The molecule has 0 spiro atoms. The first-order chi connectivity index (χ1) is 8.18. The molecule has 88 valence electrons. The molecule has 1 aliphatic rings. The van der Waals surface area contributed by atoms with Crippen LogP contribution in [0.2, 0.25) is 5.02 Å². The van der Waals surface area contributed by atoms with Crippen molar-refractivity contribution in [2.75, 3.05) is 0 Å². The van der Waals surface area contributed by atoms with Gasteiger partial charge in [-0.15, -0.1) is 0 Å². The highest BCUT2D eigenvalue weighted by molar-refractivity contribution is 6.33. The van der Waals surface area contributed by atoms with Crippen molar-refractivity contribution >= 4 is 11.6 Å². The fraction of sp³-hybridized carbons (Fsp3) is 0.308. The summed E-state index contributed by atoms with van der Waals surface area (Å²) in [5, 5.41) is 0.418. The zero-order chi connectivity index (χ0) is 12.0. The van der Waals surface area contributed by atoms with Crippen molar-refractivity contribution in [1.82, 2.24) is 9.55 Å². The van der Waals surface area contributed by atoms with Gasteiger partial charge in [0, 0.05) is 18.4 Å². The van der Waals surface area contributed by atoms with Gasteiger partial charge < -0.3 is 4.57 Å². The third-order valence-electron chi connectivity index (χ3n) is 3.12. The SMILES string of the molecule is Cc1ccc(Cl)c(-c2nccn2C2CC2)c1F. The minimum absolute atomic E-state index is 0.273. The van der Waals surface area contributed by atoms with Crippen LogP contribution in [0.15, 0.2) is 24.5 Å². The molecule has 1 aromatic carbocycles. The van der Waals surface area contributed by atoms with Gasteiger partial charge >= 0.3 is 0 Å². The van der Waals surface area contributed by atoms with Crippen LogP contribution >= 0.6 is 11.6 Å². The lowest BCUT2D eigenvalue weighted by Gasteiger charge is -2.10. The third-order valence-corrected chi connectivity index (χ3v) is 3.43. The Morgan fingerprint density at radius 2 is 2.18 bits per heavy atom. The monoisotopic (exact) mass is 250 g/mol. The smallest absolute Gasteiger partial charge is 0.144 e. The highest BCUT2D eigenvalue weighted by atomic mass is 35.5. The van der Waals surface area contributed by atoms with Crippen molar-refractivity contribution in [2.24, 2.45) is 0 Å². The van der Waals surface area contributed by atoms with Crippen molar-refractivity contribution in [2.45, 2.75) is 25.8 Å². The average Bonchev–Trinajstić information content (AvgIpc) is 3.05. The Hall–Kier alpha value is -1.35. The molecule has 0 N–H and O–H groups in total. The number of hydrogen-bond donors (Lipinski definition) is 0. The van der Waals surface area contributed by atoms with Crippen LogP contribution in [0, 0.1) is 12.7 Å². The number of rotatable bonds is 2. The van der Waals surface area contributed by atoms with Crippen LogP contribution in [0.4, 0.5) is 4.39 Å². The molecule has 1 heterocycles. The molecule has 0 atom stereocenters. The second-order valence-electron chi connectivity index (χ2n) is 4.44. The van der Waals surface area contributed by atoms with E-state index in [0.717, 1.165) is 12.8 Å². The molecule has 0 aliphatic heterocycles. The maximum absolute atomic E-state index is 14.2. The van der Waals surface area contributed by atoms with Crippen LogP contribution in [0.1, 0.15) is 24.4 Å². The van der Waals surface area contributed by atoms with Gasteiger partial charge in [0.1, 0.15) is 11.6 Å². The highest BCUT2D eigenvalue weighted by Crippen LogP contribution is 2.40. The quantitative estimate of drug-likeness (QED) is 0.788. The zero-order valence-electron chi connectivity index (χ0n) is 9.45. The molecule has 0 saturated heterocycles. The van der Waals surface area contributed by atoms with Gasteiger partial charge in [-0.3, -0.25) is 0 Å². The third kappa shape index (κ3) is 1.75. The summed E-state index contributed by atoms with van der Waals surface area (Å²) in [4.78, 5) is 4.25. The number of imidazole rings is 1. The molecule has 1 saturated carbocycles. The topological polar surface area (TPSA) is 17.8 Å². The first-order valence-electron chi connectivity index (χ1n) is 5.66. The maximum atomic E-state index is 14.2. The van der Waals surface area contributed by atoms with E-state index in [9.17, 15) is 4.39 Å². The second-order valence-corrected chi connectivity index (χ2v) is 4.85. The van der Waals surface area contributed by atoms with Crippen molar-refractivity contribution < 1.29 is 4.39 Å². The normalized spacial score (nSPS) is 15.2. The van der Waals surface area contributed by atoms with Gasteiger partial charge in [-0.25, -0.2) is 9.37 Å². The highest BCUT2D eigenvalue weighted by Gasteiger charge is 2.27. The Morgan fingerprint density at radius 1 is 1.41 bits per heavy atom. The molecular weight excluding hydrogens is 239 g/mol. The van der Waals surface area contributed by atoms with Crippen LogP contribution in [-0.4, -0.2) is 9.55 Å². The number of nitrogens with zero attached hydrogens (tertiary/aromatic N) is 2. The van der Waals surface area contributed by atoms with Crippen LogP contribution in [0.5, 0.6) is 0 Å². The van der Waals surface area contributed by atoms with Crippen molar-refractivity contribution in [3.8, 4) is 11.4 Å². The van der Waals surface area contributed by atoms with E-state index in [4.69, 9.17) is 11.6 Å². The van der Waals surface area contributed by atoms with Crippen LogP contribution < -0.4 is 0 Å². The Morgan fingerprint density at radius 3 is 2.88 bits per heavy atom. The Balaban J connectivity index is 2.20. The zero-order valence-corrected chi connectivity index (χ0v) is 10.2. The Kier molecular flexibility index (Phi) is 2.44. The fourth-order valence-electron chi connectivity index (χ4n) is 2.02. The molecule has 0 unspecified atom stereocenters. The average molecular weight is 251 g/mol. The van der Waals surface area contributed by atoms with Gasteiger partial charge in [0.15, 0.2) is 0 Å². The number of aromatic nitrogens is 2. The van der Waals surface area contributed by atoms with Crippen LogP contribution in [0.3, 0.4) is 0 Å². The number of benzene rings is 1. The van der Waals surface area contributed by atoms with Crippen molar-refractivity contribution in [3.05, 3.63) is 40.9 Å². The predicted octanol–water partition coefficient (Wildman–Crippen LogP) is 3.99. The van der Waals surface area contributed by atoms with E-state index < -0.39 is 0 Å². The van der Waals surface area contributed by atoms with Gasteiger partial charge in [-0.1, -0.05) is 17.7 Å². The summed E-state index contributed by atoms with van der Waals surface area (Å²) in [5.74, 6) is 0.365. The molecule has 0 radical (unpaired) electrons. The standard InChI is InChI=1S/C13H12ClFN2/c1-8-2-5-10(14)11(12(8)15)13-16-6-7-17(13)9-3-4-9/h2,5-7,9H,3-4H2,1H3. The summed E-state index contributed by atoms with van der Waals surface area (Å²) >= 11 is 6.10. The molecule has 4 heteroatoms. The Bertz CT molecular complexity index is 573. The van der Waals surface area contributed by atoms with Crippen LogP contribution in [-0.2, 0) is 0 Å². The van der Waals surface area contributed by atoms with Gasteiger partial charge in [-0.2, -0.15) is 0 Å². The van der Waals surface area contributed by atoms with E-state index in [1.54, 1.807) is 25.3 Å². The first kappa shape index (κ1) is 10.8. The minimum Gasteiger partial charge on any atom is -0.328 e. The summed E-state index contributed by atoms with van der Waals surface area (Å²) in [6.45, 7) is 1.74.